The molecule has 1 aromatic rings. The Labute approximate surface area is 117 Å². The molecule has 0 aliphatic carbocycles. The van der Waals surface area contributed by atoms with Gasteiger partial charge in [-0.05, 0) is 51.3 Å². The summed E-state index contributed by atoms with van der Waals surface area (Å²) >= 11 is 0. The SMILES string of the molecule is CCNC(Cc1cc(C)ccc1C)C1CCOC1C. The maximum Gasteiger partial charge on any atom is 0.0590 e. The van der Waals surface area contributed by atoms with Gasteiger partial charge in [-0.15, -0.1) is 0 Å². The number of aryl methyl sites for hydroxylation is 2. The Hall–Kier alpha value is -0.860. The fraction of sp³-hybridized carbons (Fsp3) is 0.647. The van der Waals surface area contributed by atoms with E-state index >= 15 is 0 Å². The van der Waals surface area contributed by atoms with Crippen LogP contribution in [0.3, 0.4) is 0 Å². The average Bonchev–Trinajstić information content (AvgIpc) is 2.79. The van der Waals surface area contributed by atoms with Crippen LogP contribution in [0, 0.1) is 19.8 Å². The van der Waals surface area contributed by atoms with Crippen molar-refractivity contribution in [2.75, 3.05) is 13.2 Å². The summed E-state index contributed by atoms with van der Waals surface area (Å²) in [5, 5.41) is 3.67. The molecule has 0 radical (unpaired) electrons. The van der Waals surface area contributed by atoms with Crippen LogP contribution in [-0.4, -0.2) is 25.3 Å². The van der Waals surface area contributed by atoms with Crippen molar-refractivity contribution >= 4 is 0 Å². The van der Waals surface area contributed by atoms with Gasteiger partial charge in [-0.3, -0.25) is 0 Å². The summed E-state index contributed by atoms with van der Waals surface area (Å²) in [6.07, 6.45) is 2.68. The summed E-state index contributed by atoms with van der Waals surface area (Å²) < 4.78 is 5.74. The fourth-order valence-corrected chi connectivity index (χ4v) is 3.17. The summed E-state index contributed by atoms with van der Waals surface area (Å²) in [5.41, 5.74) is 4.23. The number of hydrogen-bond acceptors (Lipinski definition) is 2. The van der Waals surface area contributed by atoms with E-state index in [0.29, 0.717) is 18.1 Å². The van der Waals surface area contributed by atoms with Gasteiger partial charge >= 0.3 is 0 Å². The largest absolute Gasteiger partial charge is 0.378 e. The van der Waals surface area contributed by atoms with Crippen LogP contribution in [0.1, 0.15) is 37.0 Å². The van der Waals surface area contributed by atoms with Gasteiger partial charge in [-0.25, -0.2) is 0 Å². The van der Waals surface area contributed by atoms with Crippen molar-refractivity contribution in [3.05, 3.63) is 34.9 Å². The minimum Gasteiger partial charge on any atom is -0.378 e. The third kappa shape index (κ3) is 3.58. The molecule has 0 saturated carbocycles. The summed E-state index contributed by atoms with van der Waals surface area (Å²) in [5.74, 6) is 0.639. The molecule has 19 heavy (non-hydrogen) atoms. The lowest BCUT2D eigenvalue weighted by atomic mass is 9.87. The first-order chi connectivity index (χ1) is 9.11. The number of nitrogens with one attached hydrogen (secondary N) is 1. The molecule has 0 aromatic heterocycles. The van der Waals surface area contributed by atoms with Crippen molar-refractivity contribution in [2.24, 2.45) is 5.92 Å². The van der Waals surface area contributed by atoms with E-state index in [9.17, 15) is 0 Å². The van der Waals surface area contributed by atoms with Gasteiger partial charge in [0, 0.05) is 18.6 Å². The molecule has 0 spiro atoms. The van der Waals surface area contributed by atoms with Gasteiger partial charge in [0.1, 0.15) is 0 Å². The van der Waals surface area contributed by atoms with Crippen molar-refractivity contribution < 1.29 is 4.74 Å². The number of benzene rings is 1. The van der Waals surface area contributed by atoms with E-state index in [-0.39, 0.29) is 0 Å². The third-order valence-corrected chi connectivity index (χ3v) is 4.36. The summed E-state index contributed by atoms with van der Waals surface area (Å²) in [4.78, 5) is 0. The highest BCUT2D eigenvalue weighted by Crippen LogP contribution is 2.27. The molecule has 1 fully saturated rings. The maximum absolute atomic E-state index is 5.74. The highest BCUT2D eigenvalue weighted by Gasteiger charge is 2.31. The van der Waals surface area contributed by atoms with E-state index in [4.69, 9.17) is 4.74 Å². The first kappa shape index (κ1) is 14.5. The van der Waals surface area contributed by atoms with Gasteiger partial charge in [0.25, 0.3) is 0 Å². The summed E-state index contributed by atoms with van der Waals surface area (Å²) in [6, 6.07) is 7.30. The summed E-state index contributed by atoms with van der Waals surface area (Å²) in [6.45, 7) is 10.7. The molecular formula is C17H27NO. The molecule has 1 aliphatic heterocycles. The Morgan fingerprint density at radius 1 is 1.37 bits per heavy atom. The van der Waals surface area contributed by atoms with Crippen LogP contribution in [0.5, 0.6) is 0 Å². The van der Waals surface area contributed by atoms with E-state index in [1.807, 2.05) is 0 Å². The third-order valence-electron chi connectivity index (χ3n) is 4.36. The van der Waals surface area contributed by atoms with Crippen LogP contribution in [-0.2, 0) is 11.2 Å². The van der Waals surface area contributed by atoms with E-state index in [0.717, 1.165) is 19.6 Å². The quantitative estimate of drug-likeness (QED) is 0.878. The van der Waals surface area contributed by atoms with E-state index in [2.05, 4.69) is 51.2 Å². The average molecular weight is 261 g/mol. The second-order valence-corrected chi connectivity index (χ2v) is 5.83. The highest BCUT2D eigenvalue weighted by molar-refractivity contribution is 5.31. The molecule has 3 atom stereocenters. The van der Waals surface area contributed by atoms with Crippen molar-refractivity contribution in [1.82, 2.24) is 5.32 Å². The molecule has 0 bridgehead atoms. The molecule has 1 saturated heterocycles. The molecule has 2 rings (SSSR count). The van der Waals surface area contributed by atoms with Crippen molar-refractivity contribution in [3.8, 4) is 0 Å². The Bertz CT molecular complexity index is 416. The Morgan fingerprint density at radius 2 is 2.16 bits per heavy atom. The predicted octanol–water partition coefficient (Wildman–Crippen LogP) is 3.25. The summed E-state index contributed by atoms with van der Waals surface area (Å²) in [7, 11) is 0. The molecule has 1 heterocycles. The van der Waals surface area contributed by atoms with Crippen LogP contribution in [0.25, 0.3) is 0 Å². The Morgan fingerprint density at radius 3 is 2.79 bits per heavy atom. The molecule has 2 heteroatoms. The van der Waals surface area contributed by atoms with Gasteiger partial charge in [0.15, 0.2) is 0 Å². The van der Waals surface area contributed by atoms with E-state index in [1.54, 1.807) is 0 Å². The molecule has 0 amide bonds. The van der Waals surface area contributed by atoms with Gasteiger partial charge in [-0.2, -0.15) is 0 Å². The lowest BCUT2D eigenvalue weighted by Crippen LogP contribution is -2.41. The molecule has 1 aromatic carbocycles. The first-order valence-electron chi connectivity index (χ1n) is 7.53. The van der Waals surface area contributed by atoms with Crippen LogP contribution in [0.2, 0.25) is 0 Å². The van der Waals surface area contributed by atoms with Crippen LogP contribution < -0.4 is 5.32 Å². The molecule has 2 nitrogen and oxygen atoms in total. The molecule has 106 valence electrons. The monoisotopic (exact) mass is 261 g/mol. The first-order valence-corrected chi connectivity index (χ1v) is 7.53. The predicted molar refractivity (Wildman–Crippen MR) is 80.6 cm³/mol. The zero-order valence-corrected chi connectivity index (χ0v) is 12.7. The van der Waals surface area contributed by atoms with Crippen LogP contribution in [0.15, 0.2) is 18.2 Å². The van der Waals surface area contributed by atoms with Crippen LogP contribution >= 0.6 is 0 Å². The standard InChI is InChI=1S/C17H27NO/c1-5-18-17(16-8-9-19-14(16)4)11-15-10-12(2)6-7-13(15)3/h6-7,10,14,16-18H,5,8-9,11H2,1-4H3. The lowest BCUT2D eigenvalue weighted by molar-refractivity contribution is 0.0956. The van der Waals surface area contributed by atoms with Crippen molar-refractivity contribution in [2.45, 2.75) is 52.7 Å². The molecule has 1 aliphatic rings. The normalized spacial score (nSPS) is 24.6. The van der Waals surface area contributed by atoms with Crippen molar-refractivity contribution in [3.63, 3.8) is 0 Å². The zero-order valence-electron chi connectivity index (χ0n) is 12.7. The zero-order chi connectivity index (χ0) is 13.8. The smallest absolute Gasteiger partial charge is 0.0590 e. The number of ether oxygens (including phenoxy) is 1. The molecular weight excluding hydrogens is 234 g/mol. The minimum atomic E-state index is 0.383. The molecule has 1 N–H and O–H groups in total. The van der Waals surface area contributed by atoms with Gasteiger partial charge in [-0.1, -0.05) is 30.7 Å². The fourth-order valence-electron chi connectivity index (χ4n) is 3.17. The second kappa shape index (κ2) is 6.53. The second-order valence-electron chi connectivity index (χ2n) is 5.83. The molecule has 3 unspecified atom stereocenters. The van der Waals surface area contributed by atoms with Gasteiger partial charge in [0.05, 0.1) is 6.10 Å². The number of likely N-dealkylation sites (N-methyl/N-ethyl adjacent to an activating group) is 1. The van der Waals surface area contributed by atoms with Crippen molar-refractivity contribution in [1.29, 1.82) is 0 Å². The Kier molecular flexibility index (Phi) is 5.00. The Balaban J connectivity index is 2.13. The van der Waals surface area contributed by atoms with E-state index < -0.39 is 0 Å². The van der Waals surface area contributed by atoms with Crippen LogP contribution in [0.4, 0.5) is 0 Å². The van der Waals surface area contributed by atoms with Gasteiger partial charge < -0.3 is 10.1 Å². The minimum absolute atomic E-state index is 0.383. The lowest BCUT2D eigenvalue weighted by Gasteiger charge is -2.27. The number of rotatable bonds is 5. The van der Waals surface area contributed by atoms with E-state index in [1.165, 1.54) is 23.1 Å². The highest BCUT2D eigenvalue weighted by atomic mass is 16.5. The number of hydrogen-bond donors (Lipinski definition) is 1. The maximum atomic E-state index is 5.74. The topological polar surface area (TPSA) is 21.3 Å². The van der Waals surface area contributed by atoms with Gasteiger partial charge in [0.2, 0.25) is 0 Å².